The van der Waals surface area contributed by atoms with E-state index in [1.54, 1.807) is 12.1 Å². The number of hydrogen-bond donors (Lipinski definition) is 2. The summed E-state index contributed by atoms with van der Waals surface area (Å²) in [5, 5.41) is 0.0258. The lowest BCUT2D eigenvalue weighted by atomic mass is 10.1. The Morgan fingerprint density at radius 2 is 0.631 bits per heavy atom. The molecule has 0 radical (unpaired) electrons. The molecule has 7 heteroatoms. The summed E-state index contributed by atoms with van der Waals surface area (Å²) in [6, 6.07) is 19.0. The summed E-state index contributed by atoms with van der Waals surface area (Å²) in [6.07, 6.45) is 46.9. The maximum atomic E-state index is 11.5. The lowest BCUT2D eigenvalue weighted by Crippen LogP contribution is -2.07. The monoisotopic (exact) mass is 915 g/mol. The molecule has 0 aliphatic carbocycles. The van der Waals surface area contributed by atoms with Crippen molar-refractivity contribution in [3.05, 3.63) is 82.9 Å². The maximum Gasteiger partial charge on any atom is 0.356 e. The molecule has 0 aliphatic rings. The molecule has 3 rings (SSSR count). The van der Waals surface area contributed by atoms with Gasteiger partial charge in [0, 0.05) is 0 Å². The third-order valence-corrected chi connectivity index (χ3v) is 13.4. The molecule has 0 aromatic heterocycles. The zero-order valence-corrected chi connectivity index (χ0v) is 42.3. The SMILES string of the molecule is CCCCCCCCCCCCOc1cc(/C=C/c2ccc(/C=C/c3ccc(P(=O)(O)O)cc3)cc2)cc(OCCCCCCCCCCCC)c1OCCCCCCCCCCCC. The Labute approximate surface area is 397 Å². The van der Waals surface area contributed by atoms with Crippen molar-refractivity contribution in [1.29, 1.82) is 0 Å². The quantitative estimate of drug-likeness (QED) is 0.0335. The molecule has 0 unspecified atom stereocenters. The highest BCUT2D eigenvalue weighted by Crippen LogP contribution is 2.40. The van der Waals surface area contributed by atoms with Gasteiger partial charge in [0.1, 0.15) is 0 Å². The molecule has 0 heterocycles. The molecule has 6 nitrogen and oxygen atoms in total. The lowest BCUT2D eigenvalue weighted by Gasteiger charge is -2.18. The second-order valence-electron chi connectivity index (χ2n) is 18.4. The first-order valence-electron chi connectivity index (χ1n) is 26.5. The van der Waals surface area contributed by atoms with Crippen molar-refractivity contribution in [3.63, 3.8) is 0 Å². The molecule has 2 N–H and O–H groups in total. The summed E-state index contributed by atoms with van der Waals surface area (Å²) in [4.78, 5) is 18.8. The molecule has 0 saturated heterocycles. The Hall–Kier alpha value is -3.31. The Morgan fingerprint density at radius 1 is 0.369 bits per heavy atom. The predicted octanol–water partition coefficient (Wildman–Crippen LogP) is 17.7. The number of unbranched alkanes of at least 4 members (excludes halogenated alkanes) is 27. The highest BCUT2D eigenvalue weighted by Gasteiger charge is 2.17. The van der Waals surface area contributed by atoms with Gasteiger partial charge in [0.2, 0.25) is 5.75 Å². The molecule has 364 valence electrons. The number of hydrogen-bond acceptors (Lipinski definition) is 4. The van der Waals surface area contributed by atoms with Crippen LogP contribution in [-0.4, -0.2) is 29.6 Å². The Kier molecular flexibility index (Phi) is 31.7. The fraction of sp³-hybridized carbons (Fsp3) is 0.621. The highest BCUT2D eigenvalue weighted by atomic mass is 31.2. The van der Waals surface area contributed by atoms with Gasteiger partial charge in [0.25, 0.3) is 0 Å². The molecule has 3 aromatic rings. The minimum Gasteiger partial charge on any atom is -0.490 e. The Morgan fingerprint density at radius 3 is 0.938 bits per heavy atom. The zero-order chi connectivity index (χ0) is 46.5. The van der Waals surface area contributed by atoms with Crippen LogP contribution in [-0.2, 0) is 4.57 Å². The van der Waals surface area contributed by atoms with Gasteiger partial charge in [-0.05, 0) is 65.8 Å². The first kappa shape index (κ1) is 56.0. The molecule has 0 spiro atoms. The van der Waals surface area contributed by atoms with Crippen molar-refractivity contribution >= 4 is 37.2 Å². The molecule has 0 atom stereocenters. The van der Waals surface area contributed by atoms with E-state index in [1.165, 1.54) is 185 Å². The molecule has 3 aromatic carbocycles. The van der Waals surface area contributed by atoms with Crippen molar-refractivity contribution in [1.82, 2.24) is 0 Å². The van der Waals surface area contributed by atoms with E-state index in [2.05, 4.69) is 69.3 Å². The van der Waals surface area contributed by atoms with Crippen molar-refractivity contribution in [3.8, 4) is 17.2 Å². The van der Waals surface area contributed by atoms with Crippen molar-refractivity contribution < 1.29 is 28.6 Å². The van der Waals surface area contributed by atoms with Crippen LogP contribution in [0.3, 0.4) is 0 Å². The second-order valence-corrected chi connectivity index (χ2v) is 20.0. The van der Waals surface area contributed by atoms with E-state index in [1.807, 2.05) is 12.2 Å². The van der Waals surface area contributed by atoms with Gasteiger partial charge in [-0.15, -0.1) is 0 Å². The van der Waals surface area contributed by atoms with E-state index in [9.17, 15) is 14.4 Å². The van der Waals surface area contributed by atoms with Crippen LogP contribution < -0.4 is 19.5 Å². The van der Waals surface area contributed by atoms with Crippen molar-refractivity contribution in [2.45, 2.75) is 213 Å². The lowest BCUT2D eigenvalue weighted by molar-refractivity contribution is 0.234. The fourth-order valence-electron chi connectivity index (χ4n) is 8.24. The van der Waals surface area contributed by atoms with E-state index in [0.717, 1.165) is 58.8 Å². The molecule has 0 fully saturated rings. The molecule has 65 heavy (non-hydrogen) atoms. The van der Waals surface area contributed by atoms with Gasteiger partial charge in [-0.1, -0.05) is 255 Å². The van der Waals surface area contributed by atoms with E-state index in [0.29, 0.717) is 19.8 Å². The van der Waals surface area contributed by atoms with Crippen LogP contribution in [0.5, 0.6) is 17.2 Å². The first-order valence-corrected chi connectivity index (χ1v) is 28.1. The molecular weight excluding hydrogens is 824 g/mol. The number of rotatable bonds is 41. The largest absolute Gasteiger partial charge is 0.490 e. The Bertz CT molecular complexity index is 1660. The molecule has 0 saturated carbocycles. The van der Waals surface area contributed by atoms with E-state index >= 15 is 0 Å². The van der Waals surface area contributed by atoms with Gasteiger partial charge in [0.15, 0.2) is 11.5 Å². The second kappa shape index (κ2) is 36.8. The average molecular weight is 915 g/mol. The zero-order valence-electron chi connectivity index (χ0n) is 41.4. The van der Waals surface area contributed by atoms with Crippen LogP contribution in [0.1, 0.15) is 236 Å². The van der Waals surface area contributed by atoms with Crippen LogP contribution in [0, 0.1) is 0 Å². The van der Waals surface area contributed by atoms with Crippen LogP contribution in [0.2, 0.25) is 0 Å². The minimum atomic E-state index is -4.25. The first-order chi connectivity index (χ1) is 31.8. The van der Waals surface area contributed by atoms with Crippen LogP contribution in [0.4, 0.5) is 0 Å². The predicted molar refractivity (Wildman–Crippen MR) is 281 cm³/mol. The number of benzene rings is 3. The normalized spacial score (nSPS) is 11.9. The van der Waals surface area contributed by atoms with Crippen LogP contribution in [0.25, 0.3) is 24.3 Å². The summed E-state index contributed by atoms with van der Waals surface area (Å²) >= 11 is 0. The Balaban J connectivity index is 1.70. The maximum absolute atomic E-state index is 11.5. The summed E-state index contributed by atoms with van der Waals surface area (Å²) in [5.41, 5.74) is 4.01. The minimum absolute atomic E-state index is 0.0258. The molecular formula is C58H91O6P. The molecule has 0 amide bonds. The molecule has 0 aliphatic heterocycles. The third-order valence-electron chi connectivity index (χ3n) is 12.4. The van der Waals surface area contributed by atoms with Gasteiger partial charge < -0.3 is 24.0 Å². The van der Waals surface area contributed by atoms with Gasteiger partial charge in [0.05, 0.1) is 25.1 Å². The average Bonchev–Trinajstić information content (AvgIpc) is 3.31. The smallest absolute Gasteiger partial charge is 0.356 e. The summed E-state index contributed by atoms with van der Waals surface area (Å²) < 4.78 is 31.4. The van der Waals surface area contributed by atoms with Crippen molar-refractivity contribution in [2.24, 2.45) is 0 Å². The summed E-state index contributed by atoms with van der Waals surface area (Å²) in [7, 11) is -4.25. The molecule has 0 bridgehead atoms. The number of ether oxygens (including phenoxy) is 3. The fourth-order valence-corrected chi connectivity index (χ4v) is 8.78. The third kappa shape index (κ3) is 27.2. The van der Waals surface area contributed by atoms with E-state index in [4.69, 9.17) is 14.2 Å². The summed E-state index contributed by atoms with van der Waals surface area (Å²) in [6.45, 7) is 8.84. The standard InChI is InChI=1S/C58H91O6P/c1-4-7-10-13-16-19-22-25-28-31-46-62-56-49-54(41-40-52-36-34-51(35-37-52)38-39-53-42-44-55(45-43-53)65(59,60)61)50-57(63-47-32-29-26-23-20-17-14-11-8-5-2)58(56)64-48-33-30-27-24-21-18-15-12-9-6-3/h34-45,49-50H,4-33,46-48H2,1-3H3,(H2,59,60,61)/b39-38+,41-40+. The van der Waals surface area contributed by atoms with Gasteiger partial charge in [-0.3, -0.25) is 4.57 Å². The van der Waals surface area contributed by atoms with Crippen molar-refractivity contribution in [2.75, 3.05) is 19.8 Å². The van der Waals surface area contributed by atoms with Gasteiger partial charge in [-0.25, -0.2) is 0 Å². The van der Waals surface area contributed by atoms with Gasteiger partial charge in [-0.2, -0.15) is 0 Å². The van der Waals surface area contributed by atoms with Gasteiger partial charge >= 0.3 is 7.60 Å². The highest BCUT2D eigenvalue weighted by molar-refractivity contribution is 7.60. The van der Waals surface area contributed by atoms with E-state index < -0.39 is 7.60 Å². The van der Waals surface area contributed by atoms with E-state index in [-0.39, 0.29) is 5.30 Å². The van der Waals surface area contributed by atoms with Crippen LogP contribution in [0.15, 0.2) is 60.7 Å². The summed E-state index contributed by atoms with van der Waals surface area (Å²) in [5.74, 6) is 2.31. The van der Waals surface area contributed by atoms with Crippen LogP contribution >= 0.6 is 7.60 Å². The topological polar surface area (TPSA) is 85.2 Å².